The molecule has 1 nitrogen and oxygen atoms in total. The van der Waals surface area contributed by atoms with Gasteiger partial charge in [0.2, 0.25) is 0 Å². The fourth-order valence-electron chi connectivity index (χ4n) is 7.91. The molecule has 4 fully saturated rings. The van der Waals surface area contributed by atoms with E-state index in [0.717, 1.165) is 35.8 Å². The van der Waals surface area contributed by atoms with Crippen molar-refractivity contribution in [3.63, 3.8) is 0 Å². The van der Waals surface area contributed by atoms with Crippen molar-refractivity contribution < 1.29 is 0 Å². The zero-order chi connectivity index (χ0) is 19.4. The van der Waals surface area contributed by atoms with Crippen LogP contribution in [0.15, 0.2) is 0 Å². The summed E-state index contributed by atoms with van der Waals surface area (Å²) in [6.45, 7) is 5.21. The van der Waals surface area contributed by atoms with Gasteiger partial charge in [-0.1, -0.05) is 78.1 Å². The molecule has 4 aliphatic rings. The van der Waals surface area contributed by atoms with Gasteiger partial charge in [0.25, 0.3) is 0 Å². The third-order valence-electron chi connectivity index (χ3n) is 9.70. The molecule has 0 aromatic heterocycles. The van der Waals surface area contributed by atoms with Crippen molar-refractivity contribution in [3.8, 4) is 0 Å². The fourth-order valence-corrected chi connectivity index (χ4v) is 7.91. The van der Waals surface area contributed by atoms with Crippen molar-refractivity contribution >= 4 is 0 Å². The molecule has 28 heavy (non-hydrogen) atoms. The van der Waals surface area contributed by atoms with Crippen LogP contribution in [-0.4, -0.2) is 12.1 Å². The van der Waals surface area contributed by atoms with Crippen molar-refractivity contribution in [3.05, 3.63) is 0 Å². The molecule has 0 aromatic carbocycles. The zero-order valence-corrected chi connectivity index (χ0v) is 19.2. The third kappa shape index (κ3) is 5.35. The van der Waals surface area contributed by atoms with Crippen LogP contribution in [0, 0.1) is 29.1 Å². The molecule has 1 heteroatoms. The first-order chi connectivity index (χ1) is 13.6. The number of fused-ring (bicyclic) bond motifs is 1. The van der Waals surface area contributed by atoms with Gasteiger partial charge in [0.05, 0.1) is 0 Å². The second-order valence-electron chi connectivity index (χ2n) is 12.0. The molecule has 0 aromatic rings. The molecule has 0 radical (unpaired) electrons. The lowest BCUT2D eigenvalue weighted by molar-refractivity contribution is 0.0580. The van der Waals surface area contributed by atoms with E-state index in [1.54, 1.807) is 12.8 Å². The highest BCUT2D eigenvalue weighted by atomic mass is 15.0. The van der Waals surface area contributed by atoms with Crippen molar-refractivity contribution in [2.45, 2.75) is 142 Å². The Morgan fingerprint density at radius 2 is 1.07 bits per heavy atom. The molecule has 0 aliphatic heterocycles. The quantitative estimate of drug-likeness (QED) is 0.519. The maximum absolute atomic E-state index is 4.20. The fraction of sp³-hybridized carbons (Fsp3) is 1.00. The van der Waals surface area contributed by atoms with Gasteiger partial charge in [0.15, 0.2) is 0 Å². The van der Waals surface area contributed by atoms with E-state index in [2.05, 4.69) is 19.2 Å². The molecule has 1 N–H and O–H groups in total. The molecule has 0 saturated heterocycles. The smallest absolute Gasteiger partial charge is 0.00727 e. The van der Waals surface area contributed by atoms with E-state index in [1.165, 1.54) is 103 Å². The second-order valence-corrected chi connectivity index (χ2v) is 12.0. The minimum absolute atomic E-state index is 0.563. The summed E-state index contributed by atoms with van der Waals surface area (Å²) in [7, 11) is 0. The molecule has 3 atom stereocenters. The lowest BCUT2D eigenvalue weighted by Crippen LogP contribution is -2.47. The highest BCUT2D eigenvalue weighted by Gasteiger charge is 2.40. The molecule has 4 saturated carbocycles. The van der Waals surface area contributed by atoms with Crippen LogP contribution in [0.2, 0.25) is 0 Å². The summed E-state index contributed by atoms with van der Waals surface area (Å²) in [6.07, 6.45) is 27.0. The summed E-state index contributed by atoms with van der Waals surface area (Å²) in [4.78, 5) is 0. The van der Waals surface area contributed by atoms with Crippen LogP contribution in [0.25, 0.3) is 0 Å². The maximum Gasteiger partial charge on any atom is 0.00727 e. The summed E-state index contributed by atoms with van der Waals surface area (Å²) >= 11 is 0. The Morgan fingerprint density at radius 1 is 0.536 bits per heavy atom. The van der Waals surface area contributed by atoms with Gasteiger partial charge >= 0.3 is 0 Å². The third-order valence-corrected chi connectivity index (χ3v) is 9.70. The average molecular weight is 388 g/mol. The minimum Gasteiger partial charge on any atom is -0.311 e. The molecule has 4 aliphatic carbocycles. The first-order valence-electron chi connectivity index (χ1n) is 13.4. The Labute approximate surface area is 176 Å². The topological polar surface area (TPSA) is 12.0 Å². The molecular weight excluding hydrogens is 338 g/mol. The Hall–Kier alpha value is -0.0400. The highest BCUT2D eigenvalue weighted by Crippen LogP contribution is 2.48. The van der Waals surface area contributed by atoms with Crippen molar-refractivity contribution in [1.82, 2.24) is 5.32 Å². The summed E-state index contributed by atoms with van der Waals surface area (Å²) in [5.74, 6) is 4.15. The Morgan fingerprint density at radius 3 is 1.82 bits per heavy atom. The zero-order valence-electron chi connectivity index (χ0n) is 19.2. The lowest BCUT2D eigenvalue weighted by Gasteiger charge is -2.46. The van der Waals surface area contributed by atoms with E-state index < -0.39 is 0 Å². The molecular formula is C27H49N. The predicted molar refractivity (Wildman–Crippen MR) is 122 cm³/mol. The van der Waals surface area contributed by atoms with Crippen LogP contribution >= 0.6 is 0 Å². The average Bonchev–Trinajstić information content (AvgIpc) is 2.79. The van der Waals surface area contributed by atoms with Gasteiger partial charge in [-0.05, 0) is 80.5 Å². The number of nitrogens with one attached hydrogen (secondary N) is 1. The van der Waals surface area contributed by atoms with Gasteiger partial charge in [0.1, 0.15) is 0 Å². The van der Waals surface area contributed by atoms with E-state index in [0.29, 0.717) is 5.41 Å². The van der Waals surface area contributed by atoms with Crippen LogP contribution in [-0.2, 0) is 0 Å². The van der Waals surface area contributed by atoms with Crippen LogP contribution in [0.1, 0.15) is 129 Å². The SMILES string of the molecule is CC1(C)CCCCCCC2CCC(NC3CCC(C4CCCCC4)CC3)CC21. The van der Waals surface area contributed by atoms with Gasteiger partial charge in [-0.2, -0.15) is 0 Å². The largest absolute Gasteiger partial charge is 0.311 e. The first-order valence-corrected chi connectivity index (χ1v) is 13.4. The van der Waals surface area contributed by atoms with Crippen LogP contribution in [0.5, 0.6) is 0 Å². The molecule has 3 unspecified atom stereocenters. The van der Waals surface area contributed by atoms with E-state index in [-0.39, 0.29) is 0 Å². The van der Waals surface area contributed by atoms with E-state index >= 15 is 0 Å². The number of rotatable bonds is 3. The van der Waals surface area contributed by atoms with E-state index in [4.69, 9.17) is 0 Å². The van der Waals surface area contributed by atoms with Crippen molar-refractivity contribution in [1.29, 1.82) is 0 Å². The van der Waals surface area contributed by atoms with Gasteiger partial charge < -0.3 is 5.32 Å². The Balaban J connectivity index is 1.27. The Bertz CT molecular complexity index is 455. The van der Waals surface area contributed by atoms with Crippen molar-refractivity contribution in [2.75, 3.05) is 0 Å². The first kappa shape index (κ1) is 21.2. The predicted octanol–water partition coefficient (Wildman–Crippen LogP) is 7.88. The maximum atomic E-state index is 4.20. The molecule has 162 valence electrons. The molecule has 0 amide bonds. The minimum atomic E-state index is 0.563. The second kappa shape index (κ2) is 9.84. The van der Waals surface area contributed by atoms with Gasteiger partial charge in [-0.15, -0.1) is 0 Å². The molecule has 0 spiro atoms. The van der Waals surface area contributed by atoms with E-state index in [9.17, 15) is 0 Å². The van der Waals surface area contributed by atoms with Gasteiger partial charge in [0, 0.05) is 12.1 Å². The molecule has 4 rings (SSSR count). The van der Waals surface area contributed by atoms with Gasteiger partial charge in [-0.25, -0.2) is 0 Å². The summed E-state index contributed by atoms with van der Waals surface area (Å²) < 4.78 is 0. The number of hydrogen-bond donors (Lipinski definition) is 1. The molecule has 0 bridgehead atoms. The summed E-state index contributed by atoms with van der Waals surface area (Å²) in [5, 5.41) is 4.20. The molecule has 0 heterocycles. The van der Waals surface area contributed by atoms with Crippen LogP contribution < -0.4 is 5.32 Å². The normalized spacial score (nSPS) is 40.7. The van der Waals surface area contributed by atoms with Gasteiger partial charge in [-0.3, -0.25) is 0 Å². The standard InChI is InChI=1S/C27H49N/c1-27(2)19-9-4-3-6-12-23-15-18-25(20-26(23)27)28-24-16-13-22(14-17-24)21-10-7-5-8-11-21/h21-26,28H,3-20H2,1-2H3. The Kier molecular flexibility index (Phi) is 7.45. The lowest BCUT2D eigenvalue weighted by atomic mass is 9.62. The van der Waals surface area contributed by atoms with E-state index in [1.807, 2.05) is 0 Å². The van der Waals surface area contributed by atoms with Crippen LogP contribution in [0.3, 0.4) is 0 Å². The highest BCUT2D eigenvalue weighted by molar-refractivity contribution is 4.93. The summed E-state index contributed by atoms with van der Waals surface area (Å²) in [5.41, 5.74) is 0.563. The monoisotopic (exact) mass is 387 g/mol. The van der Waals surface area contributed by atoms with Crippen molar-refractivity contribution in [2.24, 2.45) is 29.1 Å². The summed E-state index contributed by atoms with van der Waals surface area (Å²) in [6, 6.07) is 1.65. The van der Waals surface area contributed by atoms with Crippen LogP contribution in [0.4, 0.5) is 0 Å². The number of hydrogen-bond acceptors (Lipinski definition) is 1.